The molecule has 1 heterocycles. The van der Waals surface area contributed by atoms with Crippen molar-refractivity contribution in [1.29, 1.82) is 0 Å². The number of carbonyl (C=O) groups excluding carboxylic acids is 1. The highest BCUT2D eigenvalue weighted by molar-refractivity contribution is 6.53. The van der Waals surface area contributed by atoms with E-state index in [2.05, 4.69) is 5.32 Å². The van der Waals surface area contributed by atoms with E-state index in [9.17, 15) is 35.2 Å². The number of aliphatic hydroxyl groups is 4. The standard InChI is InChI=1S/C17H22Cl2N2O11/c18-14(19)15(26)20-8(9(22)6-1-3-7(4-2-6)21(29)30)5-31-17-12(25)10(23)11(24)13(32-17)16(27)28/h1-4,8-14,17,21-25,29H,5H2,(H,20,26)(H,27,28). The number of carbonyl (C=O) groups is 2. The molecular weight excluding hydrogens is 479 g/mol. The Morgan fingerprint density at radius 2 is 1.75 bits per heavy atom. The molecule has 0 aromatic heterocycles. The molecule has 0 aliphatic carbocycles. The van der Waals surface area contributed by atoms with Gasteiger partial charge < -0.3 is 45.5 Å². The SMILES string of the molecule is O=C(NC(COC1OC(C(=O)O)C(O)C(O)C1O)C(O)c1ccc([NH+]([O-])O)cc1)C(Cl)Cl. The van der Waals surface area contributed by atoms with Crippen LogP contribution in [0.2, 0.25) is 0 Å². The molecule has 0 spiro atoms. The van der Waals surface area contributed by atoms with Crippen LogP contribution in [0.4, 0.5) is 5.69 Å². The predicted molar refractivity (Wildman–Crippen MR) is 105 cm³/mol. The fraction of sp³-hybridized carbons (Fsp3) is 0.529. The summed E-state index contributed by atoms with van der Waals surface area (Å²) in [5.74, 6) is -2.53. The molecule has 1 fully saturated rings. The summed E-state index contributed by atoms with van der Waals surface area (Å²) in [4.78, 5) is 21.6. The van der Waals surface area contributed by atoms with E-state index >= 15 is 0 Å². The zero-order valence-electron chi connectivity index (χ0n) is 16.1. The fourth-order valence-corrected chi connectivity index (χ4v) is 3.03. The molecule has 2 rings (SSSR count). The molecule has 1 saturated heterocycles. The van der Waals surface area contributed by atoms with E-state index in [-0.39, 0.29) is 11.3 Å². The monoisotopic (exact) mass is 500 g/mol. The van der Waals surface area contributed by atoms with Crippen molar-refractivity contribution >= 4 is 40.8 Å². The molecule has 0 bridgehead atoms. The second-order valence-corrected chi connectivity index (χ2v) is 7.95. The van der Waals surface area contributed by atoms with Crippen LogP contribution in [0, 0.1) is 5.21 Å². The van der Waals surface area contributed by atoms with E-state index in [0.717, 1.165) is 0 Å². The first kappa shape index (κ1) is 26.6. The van der Waals surface area contributed by atoms with Gasteiger partial charge in [0.2, 0.25) is 0 Å². The predicted octanol–water partition coefficient (Wildman–Crippen LogP) is -2.68. The zero-order chi connectivity index (χ0) is 24.2. The number of carboxylic acid groups (broad SMARTS) is 1. The number of hydrogen-bond acceptors (Lipinski definition) is 10. The number of ether oxygens (including phenoxy) is 2. The smallest absolute Gasteiger partial charge is 0.335 e. The number of halogens is 2. The number of hydrogen-bond donors (Lipinski definition) is 8. The summed E-state index contributed by atoms with van der Waals surface area (Å²) in [5, 5.41) is 70.4. The van der Waals surface area contributed by atoms with Crippen LogP contribution in [0.5, 0.6) is 0 Å². The maximum Gasteiger partial charge on any atom is 0.335 e. The topological polar surface area (TPSA) is 214 Å². The third-order valence-electron chi connectivity index (χ3n) is 4.66. The van der Waals surface area contributed by atoms with Crippen LogP contribution in [0.15, 0.2) is 24.3 Å². The van der Waals surface area contributed by atoms with Crippen molar-refractivity contribution in [2.24, 2.45) is 0 Å². The summed E-state index contributed by atoms with van der Waals surface area (Å²) in [7, 11) is 0. The van der Waals surface area contributed by atoms with E-state index in [1.165, 1.54) is 24.3 Å². The van der Waals surface area contributed by atoms with E-state index in [1.54, 1.807) is 0 Å². The average Bonchev–Trinajstić information content (AvgIpc) is 2.75. The first-order valence-corrected chi connectivity index (χ1v) is 9.95. The van der Waals surface area contributed by atoms with Gasteiger partial charge in [0, 0.05) is 12.1 Å². The number of aliphatic hydroxyl groups excluding tert-OH is 4. The van der Waals surface area contributed by atoms with Gasteiger partial charge in [-0.25, -0.2) is 10.0 Å². The van der Waals surface area contributed by atoms with Crippen LogP contribution in [0.3, 0.4) is 0 Å². The second-order valence-electron chi connectivity index (χ2n) is 6.86. The van der Waals surface area contributed by atoms with Gasteiger partial charge in [0.1, 0.15) is 24.4 Å². The summed E-state index contributed by atoms with van der Waals surface area (Å²) in [6, 6.07) is 3.74. The first-order valence-electron chi connectivity index (χ1n) is 9.08. The summed E-state index contributed by atoms with van der Waals surface area (Å²) >= 11 is 11.0. The van der Waals surface area contributed by atoms with E-state index in [0.29, 0.717) is 0 Å². The minimum Gasteiger partial charge on any atom is -0.595 e. The molecule has 32 heavy (non-hydrogen) atoms. The molecule has 8 atom stereocenters. The summed E-state index contributed by atoms with van der Waals surface area (Å²) in [6.45, 7) is -0.592. The lowest BCUT2D eigenvalue weighted by molar-refractivity contribution is -0.991. The van der Waals surface area contributed by atoms with Crippen LogP contribution in [0.25, 0.3) is 0 Å². The van der Waals surface area contributed by atoms with Crippen LogP contribution in [-0.2, 0) is 19.1 Å². The van der Waals surface area contributed by atoms with Gasteiger partial charge in [0.15, 0.2) is 22.9 Å². The van der Waals surface area contributed by atoms with Gasteiger partial charge in [-0.2, -0.15) is 5.23 Å². The average molecular weight is 501 g/mol. The molecule has 180 valence electrons. The molecular formula is C17H22Cl2N2O11. The molecule has 1 aliphatic rings. The Morgan fingerprint density at radius 3 is 2.25 bits per heavy atom. The molecule has 0 radical (unpaired) electrons. The minimum absolute atomic E-state index is 0.0506. The van der Waals surface area contributed by atoms with Gasteiger partial charge in [-0.1, -0.05) is 35.3 Å². The third kappa shape index (κ3) is 6.46. The Balaban J connectivity index is 2.17. The first-order chi connectivity index (χ1) is 14.9. The number of rotatable bonds is 9. The molecule has 1 aromatic carbocycles. The maximum atomic E-state index is 11.9. The largest absolute Gasteiger partial charge is 0.595 e. The molecule has 1 aromatic rings. The second kappa shape index (κ2) is 11.5. The van der Waals surface area contributed by atoms with Gasteiger partial charge in [0.05, 0.1) is 12.6 Å². The van der Waals surface area contributed by atoms with Gasteiger partial charge in [-0.15, -0.1) is 0 Å². The maximum absolute atomic E-state index is 11.9. The molecule has 8 unspecified atom stereocenters. The van der Waals surface area contributed by atoms with Crippen molar-refractivity contribution in [1.82, 2.24) is 5.32 Å². The summed E-state index contributed by atoms with van der Waals surface area (Å²) in [6.07, 6.45) is -10.8. The number of aliphatic carboxylic acids is 1. The van der Waals surface area contributed by atoms with E-state index < -0.39 is 71.4 Å². The normalized spacial score (nSPS) is 28.7. The van der Waals surface area contributed by atoms with Gasteiger partial charge in [-0.3, -0.25) is 4.79 Å². The lowest BCUT2D eigenvalue weighted by Gasteiger charge is -2.39. The zero-order valence-corrected chi connectivity index (χ0v) is 17.6. The van der Waals surface area contributed by atoms with Crippen LogP contribution < -0.4 is 10.5 Å². The van der Waals surface area contributed by atoms with Gasteiger partial charge in [-0.05, 0) is 5.56 Å². The van der Waals surface area contributed by atoms with Gasteiger partial charge in [0.25, 0.3) is 5.91 Å². The number of alkyl halides is 2. The minimum atomic E-state index is -1.93. The molecule has 8 N–H and O–H groups in total. The van der Waals surface area contributed by atoms with Crippen molar-refractivity contribution < 1.29 is 55.0 Å². The van der Waals surface area contributed by atoms with Crippen LogP contribution in [0.1, 0.15) is 11.7 Å². The van der Waals surface area contributed by atoms with Gasteiger partial charge >= 0.3 is 5.97 Å². The third-order valence-corrected chi connectivity index (χ3v) is 5.06. The lowest BCUT2D eigenvalue weighted by Crippen LogP contribution is -2.99. The Labute approximate surface area is 190 Å². The summed E-state index contributed by atoms with van der Waals surface area (Å²) in [5.41, 5.74) is 0.124. The lowest BCUT2D eigenvalue weighted by atomic mass is 9.99. The highest BCUT2D eigenvalue weighted by Gasteiger charge is 2.47. The Kier molecular flexibility index (Phi) is 9.56. The van der Waals surface area contributed by atoms with Crippen LogP contribution in [-0.4, -0.2) is 90.8 Å². The molecule has 0 saturated carbocycles. The van der Waals surface area contributed by atoms with Crippen molar-refractivity contribution in [2.45, 2.75) is 47.7 Å². The molecule has 1 aliphatic heterocycles. The number of carboxylic acids is 1. The Bertz CT molecular complexity index is 782. The summed E-state index contributed by atoms with van der Waals surface area (Å²) < 4.78 is 10.3. The molecule has 15 heteroatoms. The van der Waals surface area contributed by atoms with Crippen molar-refractivity contribution in [3.05, 3.63) is 35.0 Å². The van der Waals surface area contributed by atoms with Crippen LogP contribution >= 0.6 is 23.2 Å². The quantitative estimate of drug-likeness (QED) is 0.129. The highest BCUT2D eigenvalue weighted by Crippen LogP contribution is 2.24. The van der Waals surface area contributed by atoms with Crippen molar-refractivity contribution in [3.63, 3.8) is 0 Å². The van der Waals surface area contributed by atoms with Crippen molar-refractivity contribution in [2.75, 3.05) is 6.61 Å². The molecule has 1 amide bonds. The van der Waals surface area contributed by atoms with E-state index in [1.807, 2.05) is 0 Å². The van der Waals surface area contributed by atoms with Crippen molar-refractivity contribution in [3.8, 4) is 0 Å². The molecule has 13 nitrogen and oxygen atoms in total. The number of benzene rings is 1. The fourth-order valence-electron chi connectivity index (χ4n) is 2.90. The highest BCUT2D eigenvalue weighted by atomic mass is 35.5. The Hall–Kier alpha value is -1.62. The number of nitrogens with one attached hydrogen (secondary N) is 2. The van der Waals surface area contributed by atoms with E-state index in [4.69, 9.17) is 43.0 Å². The number of quaternary nitrogens is 1. The number of amides is 1. The Morgan fingerprint density at radius 1 is 1.16 bits per heavy atom.